The normalized spacial score (nSPS) is 15.9. The molecule has 0 aliphatic carbocycles. The van der Waals surface area contributed by atoms with Gasteiger partial charge in [-0.15, -0.1) is 0 Å². The van der Waals surface area contributed by atoms with Crippen molar-refractivity contribution in [3.8, 4) is 5.75 Å². The number of carbonyl (C=O) groups excluding carboxylic acids is 3. The number of anilines is 2. The minimum absolute atomic E-state index is 0.000777. The Balaban J connectivity index is 1.61. The molecule has 0 spiro atoms. The lowest BCUT2D eigenvalue weighted by atomic mass is 10.1. The molecule has 3 rings (SSSR count). The van der Waals surface area contributed by atoms with E-state index in [1.54, 1.807) is 43.3 Å². The number of nitrogens with one attached hydrogen (secondary N) is 1. The van der Waals surface area contributed by atoms with E-state index in [0.717, 1.165) is 0 Å². The molecule has 29 heavy (non-hydrogen) atoms. The summed E-state index contributed by atoms with van der Waals surface area (Å²) in [4.78, 5) is 37.5. The Labute approximate surface area is 167 Å². The monoisotopic (exact) mass is 400 g/mol. The molecule has 0 saturated carbocycles. The molecule has 1 fully saturated rings. The molecule has 1 atom stereocenters. The highest BCUT2D eigenvalue weighted by Gasteiger charge is 2.36. The molecule has 152 valence electrons. The number of amides is 2. The molecule has 1 N–H and O–H groups in total. The molecule has 2 aromatic rings. The molecule has 2 aromatic carbocycles. The van der Waals surface area contributed by atoms with Crippen molar-refractivity contribution in [3.05, 3.63) is 54.3 Å². The van der Waals surface area contributed by atoms with Gasteiger partial charge in [0, 0.05) is 24.7 Å². The Bertz CT molecular complexity index is 917. The molecule has 0 aromatic heterocycles. The summed E-state index contributed by atoms with van der Waals surface area (Å²) in [6, 6.07) is 12.5. The van der Waals surface area contributed by atoms with Crippen molar-refractivity contribution in [2.45, 2.75) is 13.3 Å². The molecule has 1 saturated heterocycles. The summed E-state index contributed by atoms with van der Waals surface area (Å²) in [5.74, 6) is -1.85. The number of hydrogen-bond donors (Lipinski definition) is 1. The zero-order valence-electron chi connectivity index (χ0n) is 15.9. The summed E-state index contributed by atoms with van der Waals surface area (Å²) < 4.78 is 24.1. The van der Waals surface area contributed by atoms with E-state index in [4.69, 9.17) is 9.47 Å². The molecule has 7 nitrogen and oxygen atoms in total. The maximum atomic E-state index is 14.0. The van der Waals surface area contributed by atoms with Crippen LogP contribution in [0.4, 0.5) is 15.8 Å². The van der Waals surface area contributed by atoms with Crippen molar-refractivity contribution in [2.75, 3.05) is 30.0 Å². The summed E-state index contributed by atoms with van der Waals surface area (Å²) in [6.45, 7) is 1.84. The van der Waals surface area contributed by atoms with E-state index in [1.165, 1.54) is 17.0 Å². The highest BCUT2D eigenvalue weighted by molar-refractivity contribution is 6.03. The van der Waals surface area contributed by atoms with Crippen LogP contribution in [0.3, 0.4) is 0 Å². The fraction of sp³-hybridized carbons (Fsp3) is 0.286. The fourth-order valence-corrected chi connectivity index (χ4v) is 3.04. The third-order valence-electron chi connectivity index (χ3n) is 4.40. The average molecular weight is 400 g/mol. The number of ether oxygens (including phenoxy) is 2. The minimum Gasteiger partial charge on any atom is -0.482 e. The number of halogens is 1. The average Bonchev–Trinajstić information content (AvgIpc) is 3.09. The number of benzene rings is 2. The summed E-state index contributed by atoms with van der Waals surface area (Å²) >= 11 is 0. The van der Waals surface area contributed by atoms with E-state index < -0.39 is 17.7 Å². The van der Waals surface area contributed by atoms with Crippen molar-refractivity contribution in [2.24, 2.45) is 5.92 Å². The molecular weight excluding hydrogens is 379 g/mol. The maximum absolute atomic E-state index is 14.0. The van der Waals surface area contributed by atoms with E-state index in [1.807, 2.05) is 0 Å². The van der Waals surface area contributed by atoms with Crippen LogP contribution < -0.4 is 15.0 Å². The second-order valence-corrected chi connectivity index (χ2v) is 6.47. The molecule has 1 aliphatic rings. The Morgan fingerprint density at radius 3 is 2.76 bits per heavy atom. The van der Waals surface area contributed by atoms with Crippen LogP contribution in [0, 0.1) is 11.7 Å². The predicted octanol–water partition coefficient (Wildman–Crippen LogP) is 2.76. The third kappa shape index (κ3) is 5.10. The molecule has 1 unspecified atom stereocenters. The van der Waals surface area contributed by atoms with Gasteiger partial charge in [-0.05, 0) is 31.2 Å². The summed E-state index contributed by atoms with van der Waals surface area (Å²) in [5, 5.41) is 2.74. The summed E-state index contributed by atoms with van der Waals surface area (Å²) in [6.07, 6.45) is -0.000777. The van der Waals surface area contributed by atoms with Gasteiger partial charge >= 0.3 is 5.97 Å². The minimum atomic E-state index is -0.605. The molecule has 8 heteroatoms. The Hall–Kier alpha value is -3.42. The van der Waals surface area contributed by atoms with Gasteiger partial charge in [-0.2, -0.15) is 0 Å². The zero-order chi connectivity index (χ0) is 20.8. The lowest BCUT2D eigenvalue weighted by molar-refractivity contribution is -0.145. The lowest BCUT2D eigenvalue weighted by Gasteiger charge is -2.17. The third-order valence-corrected chi connectivity index (χ3v) is 4.40. The standard InChI is InChI=1S/C21H21FN2O5/c1-2-28-20(26)13-29-16-7-5-6-15(11-16)23-21(27)14-10-19(25)24(12-14)18-9-4-3-8-17(18)22/h3-9,11,14H,2,10,12-13H2,1H3,(H,23,27). The van der Waals surface area contributed by atoms with E-state index in [9.17, 15) is 18.8 Å². The Kier molecular flexibility index (Phi) is 6.43. The van der Waals surface area contributed by atoms with Crippen LogP contribution in [0.1, 0.15) is 13.3 Å². The van der Waals surface area contributed by atoms with Gasteiger partial charge in [0.15, 0.2) is 6.61 Å². The lowest BCUT2D eigenvalue weighted by Crippen LogP contribution is -2.28. The van der Waals surface area contributed by atoms with Gasteiger partial charge in [-0.1, -0.05) is 18.2 Å². The smallest absolute Gasteiger partial charge is 0.344 e. The highest BCUT2D eigenvalue weighted by atomic mass is 19.1. The molecule has 1 heterocycles. The van der Waals surface area contributed by atoms with Gasteiger partial charge < -0.3 is 19.7 Å². The van der Waals surface area contributed by atoms with Crippen LogP contribution in [0.15, 0.2) is 48.5 Å². The molecule has 1 aliphatic heterocycles. The van der Waals surface area contributed by atoms with E-state index in [0.29, 0.717) is 11.4 Å². The van der Waals surface area contributed by atoms with E-state index in [-0.39, 0.29) is 43.7 Å². The maximum Gasteiger partial charge on any atom is 0.344 e. The van der Waals surface area contributed by atoms with Crippen molar-refractivity contribution in [1.82, 2.24) is 0 Å². The van der Waals surface area contributed by atoms with Crippen LogP contribution >= 0.6 is 0 Å². The number of rotatable bonds is 7. The number of para-hydroxylation sites is 1. The fourth-order valence-electron chi connectivity index (χ4n) is 3.04. The first kappa shape index (κ1) is 20.3. The summed E-state index contributed by atoms with van der Waals surface area (Å²) in [7, 11) is 0. The van der Waals surface area contributed by atoms with Crippen molar-refractivity contribution in [1.29, 1.82) is 0 Å². The second-order valence-electron chi connectivity index (χ2n) is 6.47. The topological polar surface area (TPSA) is 84.9 Å². The van der Waals surface area contributed by atoms with Crippen LogP contribution in [0.2, 0.25) is 0 Å². The molecular formula is C21H21FN2O5. The van der Waals surface area contributed by atoms with Gasteiger partial charge in [0.05, 0.1) is 18.2 Å². The van der Waals surface area contributed by atoms with Crippen molar-refractivity contribution >= 4 is 29.2 Å². The predicted molar refractivity (Wildman–Crippen MR) is 104 cm³/mol. The van der Waals surface area contributed by atoms with Gasteiger partial charge in [0.1, 0.15) is 11.6 Å². The van der Waals surface area contributed by atoms with E-state index >= 15 is 0 Å². The van der Waals surface area contributed by atoms with Crippen LogP contribution in [-0.2, 0) is 19.1 Å². The van der Waals surface area contributed by atoms with Gasteiger partial charge in [0.2, 0.25) is 11.8 Å². The number of esters is 1. The SMILES string of the molecule is CCOC(=O)COc1cccc(NC(=O)C2CC(=O)N(c3ccccc3F)C2)c1. The van der Waals surface area contributed by atoms with Crippen LogP contribution in [-0.4, -0.2) is 37.5 Å². The second kappa shape index (κ2) is 9.18. The van der Waals surface area contributed by atoms with Crippen LogP contribution in [0.5, 0.6) is 5.75 Å². The largest absolute Gasteiger partial charge is 0.482 e. The number of nitrogens with zero attached hydrogens (tertiary/aromatic N) is 1. The quantitative estimate of drug-likeness (QED) is 0.723. The van der Waals surface area contributed by atoms with Crippen molar-refractivity contribution in [3.63, 3.8) is 0 Å². The van der Waals surface area contributed by atoms with Crippen LogP contribution in [0.25, 0.3) is 0 Å². The van der Waals surface area contributed by atoms with Gasteiger partial charge in [-0.25, -0.2) is 9.18 Å². The van der Waals surface area contributed by atoms with Gasteiger partial charge in [0.25, 0.3) is 0 Å². The number of hydrogen-bond acceptors (Lipinski definition) is 5. The first-order valence-electron chi connectivity index (χ1n) is 9.22. The van der Waals surface area contributed by atoms with Gasteiger partial charge in [-0.3, -0.25) is 9.59 Å². The van der Waals surface area contributed by atoms with Crippen molar-refractivity contribution < 1.29 is 28.2 Å². The van der Waals surface area contributed by atoms with E-state index in [2.05, 4.69) is 5.32 Å². The Morgan fingerprint density at radius 1 is 1.21 bits per heavy atom. The Morgan fingerprint density at radius 2 is 2.00 bits per heavy atom. The zero-order valence-corrected chi connectivity index (χ0v) is 15.9. The molecule has 0 radical (unpaired) electrons. The first-order valence-corrected chi connectivity index (χ1v) is 9.22. The molecule has 2 amide bonds. The summed E-state index contributed by atoms with van der Waals surface area (Å²) in [5.41, 5.74) is 0.635. The highest BCUT2D eigenvalue weighted by Crippen LogP contribution is 2.28. The molecule has 0 bridgehead atoms. The first-order chi connectivity index (χ1) is 14.0. The number of carbonyl (C=O) groups is 3.